The number of rotatable bonds is 3. The normalized spacial score (nSPS) is 12.9. The summed E-state index contributed by atoms with van der Waals surface area (Å²) in [5.74, 6) is -0.299. The third-order valence-electron chi connectivity index (χ3n) is 1.81. The van der Waals surface area contributed by atoms with Crippen molar-refractivity contribution in [2.75, 3.05) is 14.1 Å². The van der Waals surface area contributed by atoms with E-state index >= 15 is 0 Å². The lowest BCUT2D eigenvalue weighted by Crippen LogP contribution is -2.20. The molecule has 2 nitrogen and oxygen atoms in total. The molecule has 0 aliphatic carbocycles. The molecule has 0 aromatic heterocycles. The van der Waals surface area contributed by atoms with Crippen LogP contribution < -0.4 is 0 Å². The number of hydrogen-bond donors (Lipinski definition) is 0. The molecule has 3 heteroatoms. The fourth-order valence-electron chi connectivity index (χ4n) is 1.12. The van der Waals surface area contributed by atoms with Crippen molar-refractivity contribution in [2.24, 2.45) is 0 Å². The Kier molecular flexibility index (Phi) is 3.14. The fraction of sp³-hybridized carbons (Fsp3) is 0.300. The minimum Gasteiger partial charge on any atom is -0.296 e. The molecule has 1 atom stereocenters. The van der Waals surface area contributed by atoms with E-state index in [4.69, 9.17) is 0 Å². The average Bonchev–Trinajstić information content (AvgIpc) is 2.09. The highest BCUT2D eigenvalue weighted by atomic mass is 19.1. The first kappa shape index (κ1) is 9.86. The lowest BCUT2D eigenvalue weighted by atomic mass is 10.1. The van der Waals surface area contributed by atoms with Gasteiger partial charge in [0.15, 0.2) is 0 Å². The van der Waals surface area contributed by atoms with Gasteiger partial charge in [-0.2, -0.15) is 0 Å². The molecule has 0 fully saturated rings. The summed E-state index contributed by atoms with van der Waals surface area (Å²) in [6, 6.07) is 5.43. The molecule has 1 aromatic carbocycles. The molecule has 0 heterocycles. The van der Waals surface area contributed by atoms with Gasteiger partial charge in [0, 0.05) is 0 Å². The van der Waals surface area contributed by atoms with E-state index in [1.165, 1.54) is 12.1 Å². The van der Waals surface area contributed by atoms with Crippen LogP contribution in [0.25, 0.3) is 0 Å². The molecule has 0 unspecified atom stereocenters. The van der Waals surface area contributed by atoms with Crippen molar-refractivity contribution < 1.29 is 9.18 Å². The van der Waals surface area contributed by atoms with E-state index in [9.17, 15) is 9.18 Å². The number of halogens is 1. The molecule has 0 bridgehead atoms. The van der Waals surface area contributed by atoms with E-state index in [-0.39, 0.29) is 5.82 Å². The first-order chi connectivity index (χ1) is 6.15. The highest BCUT2D eigenvalue weighted by Gasteiger charge is 2.13. The molecule has 0 aliphatic heterocycles. The van der Waals surface area contributed by atoms with E-state index in [0.717, 1.165) is 5.56 Å². The Hall–Kier alpha value is -1.22. The van der Waals surface area contributed by atoms with Crippen molar-refractivity contribution in [3.8, 4) is 0 Å². The Balaban J connectivity index is 2.92. The van der Waals surface area contributed by atoms with Crippen LogP contribution in [0.2, 0.25) is 0 Å². The molecule has 0 spiro atoms. The maximum Gasteiger partial charge on any atom is 0.221 e. The van der Waals surface area contributed by atoms with Crippen LogP contribution in [-0.2, 0) is 4.79 Å². The quantitative estimate of drug-likeness (QED) is 0.703. The summed E-state index contributed by atoms with van der Waals surface area (Å²) in [4.78, 5) is 12.3. The van der Waals surface area contributed by atoms with E-state index in [1.807, 2.05) is 6.29 Å². The van der Waals surface area contributed by atoms with Crippen LogP contribution >= 0.6 is 0 Å². The summed E-state index contributed by atoms with van der Waals surface area (Å²) in [6.45, 7) is 0. The van der Waals surface area contributed by atoms with Gasteiger partial charge in [0.1, 0.15) is 11.9 Å². The van der Waals surface area contributed by atoms with E-state index in [2.05, 4.69) is 0 Å². The molecule has 0 amide bonds. The Labute approximate surface area is 77.0 Å². The molecule has 0 saturated heterocycles. The third kappa shape index (κ3) is 2.36. The van der Waals surface area contributed by atoms with Crippen LogP contribution in [0.4, 0.5) is 4.39 Å². The molecule has 13 heavy (non-hydrogen) atoms. The zero-order valence-corrected chi connectivity index (χ0v) is 7.62. The predicted molar refractivity (Wildman–Crippen MR) is 48.5 cm³/mol. The smallest absolute Gasteiger partial charge is 0.221 e. The van der Waals surface area contributed by atoms with Gasteiger partial charge < -0.3 is 0 Å². The fourth-order valence-corrected chi connectivity index (χ4v) is 1.12. The van der Waals surface area contributed by atoms with Crippen LogP contribution in [0.1, 0.15) is 11.6 Å². The predicted octanol–water partition coefficient (Wildman–Crippen LogP) is 1.54. The van der Waals surface area contributed by atoms with Crippen LogP contribution in [0.3, 0.4) is 0 Å². The van der Waals surface area contributed by atoms with Gasteiger partial charge >= 0.3 is 0 Å². The van der Waals surface area contributed by atoms with E-state index < -0.39 is 6.04 Å². The standard InChI is InChI=1S/C10H11FNO/c1-12(2)10(7-13)8-3-5-9(11)6-4-8/h3-6,10H,1-2H3/t10-/m1/s1. The van der Waals surface area contributed by atoms with E-state index in [0.29, 0.717) is 0 Å². The summed E-state index contributed by atoms with van der Waals surface area (Å²) >= 11 is 0. The van der Waals surface area contributed by atoms with Gasteiger partial charge in [0.25, 0.3) is 0 Å². The molecule has 0 aliphatic rings. The Morgan fingerprint density at radius 2 is 1.85 bits per heavy atom. The van der Waals surface area contributed by atoms with Gasteiger partial charge in [-0.05, 0) is 31.8 Å². The lowest BCUT2D eigenvalue weighted by molar-refractivity contribution is 0.355. The Morgan fingerprint density at radius 1 is 1.31 bits per heavy atom. The average molecular weight is 180 g/mol. The number of benzene rings is 1. The van der Waals surface area contributed by atoms with Gasteiger partial charge in [-0.15, -0.1) is 0 Å². The summed E-state index contributed by atoms with van der Waals surface area (Å²) in [7, 11) is 3.55. The van der Waals surface area contributed by atoms with Crippen molar-refractivity contribution in [3.05, 3.63) is 35.6 Å². The van der Waals surface area contributed by atoms with Crippen molar-refractivity contribution in [2.45, 2.75) is 6.04 Å². The Morgan fingerprint density at radius 3 is 2.23 bits per heavy atom. The third-order valence-corrected chi connectivity index (χ3v) is 1.81. The zero-order chi connectivity index (χ0) is 9.84. The number of likely N-dealkylation sites (N-methyl/N-ethyl adjacent to an activating group) is 1. The van der Waals surface area contributed by atoms with Gasteiger partial charge in [-0.1, -0.05) is 12.1 Å². The summed E-state index contributed by atoms with van der Waals surface area (Å²) < 4.78 is 12.5. The second-order valence-corrected chi connectivity index (χ2v) is 3.04. The molecule has 1 rings (SSSR count). The van der Waals surface area contributed by atoms with Crippen LogP contribution in [0, 0.1) is 5.82 Å². The molecular formula is C10H11FNO. The molecule has 1 radical (unpaired) electrons. The maximum atomic E-state index is 12.5. The lowest BCUT2D eigenvalue weighted by Gasteiger charge is -2.17. The molecular weight excluding hydrogens is 169 g/mol. The number of nitrogens with zero attached hydrogens (tertiary/aromatic N) is 1. The second-order valence-electron chi connectivity index (χ2n) is 3.04. The van der Waals surface area contributed by atoms with Crippen molar-refractivity contribution in [3.63, 3.8) is 0 Å². The largest absolute Gasteiger partial charge is 0.296 e. The first-order valence-corrected chi connectivity index (χ1v) is 3.94. The Bertz CT molecular complexity index is 281. The highest BCUT2D eigenvalue weighted by Crippen LogP contribution is 2.15. The summed E-state index contributed by atoms with van der Waals surface area (Å²) in [6.07, 6.45) is 1.89. The van der Waals surface area contributed by atoms with Crippen molar-refractivity contribution >= 4 is 6.29 Å². The molecule has 1 aromatic rings. The summed E-state index contributed by atoms with van der Waals surface area (Å²) in [5, 5.41) is 0. The zero-order valence-electron chi connectivity index (χ0n) is 7.62. The molecule has 0 N–H and O–H groups in total. The molecule has 69 valence electrons. The number of carbonyl (C=O) groups excluding carboxylic acids is 1. The second kappa shape index (κ2) is 4.14. The maximum absolute atomic E-state index is 12.5. The highest BCUT2D eigenvalue weighted by molar-refractivity contribution is 5.62. The van der Waals surface area contributed by atoms with Crippen LogP contribution in [0.5, 0.6) is 0 Å². The number of hydrogen-bond acceptors (Lipinski definition) is 2. The summed E-state index contributed by atoms with van der Waals surface area (Å²) in [5.41, 5.74) is 0.751. The van der Waals surface area contributed by atoms with Crippen molar-refractivity contribution in [1.29, 1.82) is 0 Å². The van der Waals surface area contributed by atoms with Crippen molar-refractivity contribution in [1.82, 2.24) is 4.90 Å². The van der Waals surface area contributed by atoms with Gasteiger partial charge in [0.05, 0.1) is 0 Å². The van der Waals surface area contributed by atoms with Crippen LogP contribution in [-0.4, -0.2) is 25.3 Å². The van der Waals surface area contributed by atoms with Gasteiger partial charge in [0.2, 0.25) is 6.29 Å². The minimum atomic E-state index is -0.416. The topological polar surface area (TPSA) is 20.3 Å². The molecule has 0 saturated carbocycles. The van der Waals surface area contributed by atoms with Crippen LogP contribution in [0.15, 0.2) is 24.3 Å². The first-order valence-electron chi connectivity index (χ1n) is 3.94. The SMILES string of the molecule is CN(C)[C@H]([C]=O)c1ccc(F)cc1. The minimum absolute atomic E-state index is 0.299. The van der Waals surface area contributed by atoms with E-state index in [1.54, 1.807) is 31.1 Å². The van der Waals surface area contributed by atoms with Gasteiger partial charge in [-0.3, -0.25) is 9.69 Å². The monoisotopic (exact) mass is 180 g/mol. The van der Waals surface area contributed by atoms with Gasteiger partial charge in [-0.25, -0.2) is 4.39 Å².